The average Bonchev–Trinajstić information content (AvgIpc) is 2.70. The van der Waals surface area contributed by atoms with Gasteiger partial charge in [-0.05, 0) is 50.6 Å². The Balaban J connectivity index is 2.36. The number of carbonyl (C=O) groups is 1. The van der Waals surface area contributed by atoms with Crippen LogP contribution in [0.2, 0.25) is 0 Å². The Bertz CT molecular complexity index is 948. The standard InChI is InChI=1S/C20H20FN3O2/c1-12(23-26)13-9-10-17-15(11-13)18(14-7-5-6-8-16(14)21)22-20(2,3)19(25)24(17)4/h5-11,26H,1-4H3/b23-12+. The highest BCUT2D eigenvalue weighted by Crippen LogP contribution is 2.32. The smallest absolute Gasteiger partial charge is 0.254 e. The van der Waals surface area contributed by atoms with Gasteiger partial charge in [-0.25, -0.2) is 4.39 Å². The van der Waals surface area contributed by atoms with Gasteiger partial charge < -0.3 is 10.1 Å². The highest BCUT2D eigenvalue weighted by molar-refractivity contribution is 6.21. The number of oxime groups is 1. The average molecular weight is 353 g/mol. The molecule has 2 aromatic rings. The molecule has 1 N–H and O–H groups in total. The number of nitrogens with zero attached hydrogens (tertiary/aromatic N) is 3. The minimum atomic E-state index is -1.05. The molecule has 0 radical (unpaired) electrons. The maximum Gasteiger partial charge on any atom is 0.254 e. The number of fused-ring (bicyclic) bond motifs is 1. The number of anilines is 1. The topological polar surface area (TPSA) is 65.3 Å². The minimum Gasteiger partial charge on any atom is -0.411 e. The van der Waals surface area contributed by atoms with Crippen molar-refractivity contribution in [2.24, 2.45) is 10.1 Å². The summed E-state index contributed by atoms with van der Waals surface area (Å²) < 4.78 is 14.5. The fraction of sp³-hybridized carbons (Fsp3) is 0.250. The summed E-state index contributed by atoms with van der Waals surface area (Å²) >= 11 is 0. The van der Waals surface area contributed by atoms with E-state index >= 15 is 0 Å². The molecular weight excluding hydrogens is 333 g/mol. The molecule has 0 saturated carbocycles. The predicted molar refractivity (Wildman–Crippen MR) is 100.0 cm³/mol. The molecule has 0 fully saturated rings. The van der Waals surface area contributed by atoms with E-state index in [4.69, 9.17) is 5.21 Å². The first-order chi connectivity index (χ1) is 12.3. The third-order valence-electron chi connectivity index (χ3n) is 4.53. The van der Waals surface area contributed by atoms with E-state index < -0.39 is 11.4 Å². The van der Waals surface area contributed by atoms with Crippen LogP contribution in [0.3, 0.4) is 0 Å². The van der Waals surface area contributed by atoms with Gasteiger partial charge >= 0.3 is 0 Å². The second kappa shape index (κ2) is 6.37. The zero-order valence-corrected chi connectivity index (χ0v) is 15.1. The van der Waals surface area contributed by atoms with Gasteiger partial charge in [0.25, 0.3) is 5.91 Å². The van der Waals surface area contributed by atoms with Gasteiger partial charge in [0.1, 0.15) is 11.4 Å². The van der Waals surface area contributed by atoms with E-state index in [1.54, 1.807) is 64.2 Å². The minimum absolute atomic E-state index is 0.189. The van der Waals surface area contributed by atoms with Crippen molar-refractivity contribution in [3.63, 3.8) is 0 Å². The first kappa shape index (κ1) is 17.8. The first-order valence-corrected chi connectivity index (χ1v) is 8.22. The molecule has 0 bridgehead atoms. The van der Waals surface area contributed by atoms with E-state index in [0.717, 1.165) is 0 Å². The van der Waals surface area contributed by atoms with Gasteiger partial charge in [-0.1, -0.05) is 23.4 Å². The van der Waals surface area contributed by atoms with Crippen LogP contribution in [0.15, 0.2) is 52.6 Å². The Morgan fingerprint density at radius 1 is 1.19 bits per heavy atom. The first-order valence-electron chi connectivity index (χ1n) is 8.22. The normalized spacial score (nSPS) is 16.8. The zero-order valence-electron chi connectivity index (χ0n) is 15.1. The third-order valence-corrected chi connectivity index (χ3v) is 4.53. The number of aliphatic imine (C=N–C) groups is 1. The number of benzodiazepines with no additional fused rings is 1. The van der Waals surface area contributed by atoms with Crippen LogP contribution in [0.1, 0.15) is 37.5 Å². The summed E-state index contributed by atoms with van der Waals surface area (Å²) in [5.74, 6) is -0.603. The number of rotatable bonds is 2. The van der Waals surface area contributed by atoms with Gasteiger partial charge in [0.2, 0.25) is 0 Å². The van der Waals surface area contributed by atoms with E-state index in [9.17, 15) is 9.18 Å². The number of hydrogen-bond donors (Lipinski definition) is 1. The second-order valence-corrected chi connectivity index (χ2v) is 6.78. The van der Waals surface area contributed by atoms with Crippen LogP contribution in [0.25, 0.3) is 0 Å². The van der Waals surface area contributed by atoms with Crippen LogP contribution < -0.4 is 4.90 Å². The van der Waals surface area contributed by atoms with Crippen molar-refractivity contribution in [2.45, 2.75) is 26.3 Å². The highest BCUT2D eigenvalue weighted by atomic mass is 19.1. The summed E-state index contributed by atoms with van der Waals surface area (Å²) in [7, 11) is 1.68. The lowest BCUT2D eigenvalue weighted by atomic mass is 9.96. The Labute approximate surface area is 151 Å². The van der Waals surface area contributed by atoms with Crippen LogP contribution in [0, 0.1) is 5.82 Å². The molecule has 0 spiro atoms. The Morgan fingerprint density at radius 3 is 2.54 bits per heavy atom. The summed E-state index contributed by atoms with van der Waals surface area (Å²) in [4.78, 5) is 19.0. The van der Waals surface area contributed by atoms with E-state index in [2.05, 4.69) is 10.1 Å². The lowest BCUT2D eigenvalue weighted by Gasteiger charge is -2.24. The lowest BCUT2D eigenvalue weighted by Crippen LogP contribution is -2.41. The summed E-state index contributed by atoms with van der Waals surface area (Å²) in [5, 5.41) is 12.3. The molecule has 26 heavy (non-hydrogen) atoms. The quantitative estimate of drug-likeness (QED) is 0.509. The highest BCUT2D eigenvalue weighted by Gasteiger charge is 2.36. The van der Waals surface area contributed by atoms with Crippen LogP contribution >= 0.6 is 0 Å². The second-order valence-electron chi connectivity index (χ2n) is 6.78. The van der Waals surface area contributed by atoms with Crippen LogP contribution in [0.4, 0.5) is 10.1 Å². The molecule has 0 atom stereocenters. The Morgan fingerprint density at radius 2 is 1.88 bits per heavy atom. The molecule has 1 aliphatic heterocycles. The van der Waals surface area contributed by atoms with Crippen molar-refractivity contribution in [3.05, 3.63) is 65.0 Å². The van der Waals surface area contributed by atoms with Gasteiger partial charge in [0.15, 0.2) is 0 Å². The number of benzene rings is 2. The Hall–Kier alpha value is -3.02. The van der Waals surface area contributed by atoms with E-state index in [0.29, 0.717) is 33.8 Å². The molecule has 1 aliphatic rings. The summed E-state index contributed by atoms with van der Waals surface area (Å²) in [6.45, 7) is 5.08. The molecule has 0 saturated heterocycles. The van der Waals surface area contributed by atoms with Gasteiger partial charge in [0, 0.05) is 18.2 Å². The molecule has 0 aliphatic carbocycles. The monoisotopic (exact) mass is 353 g/mol. The summed E-state index contributed by atoms with van der Waals surface area (Å²) in [6.07, 6.45) is 0. The number of hydrogen-bond acceptors (Lipinski definition) is 4. The molecule has 0 aromatic heterocycles. The SMILES string of the molecule is C/C(=N\O)c1ccc2c(c1)C(c1ccccc1F)=NC(C)(C)C(=O)N2C. The van der Waals surface area contributed by atoms with Crippen molar-refractivity contribution in [3.8, 4) is 0 Å². The van der Waals surface area contributed by atoms with E-state index in [1.807, 2.05) is 0 Å². The van der Waals surface area contributed by atoms with Crippen LogP contribution in [-0.4, -0.2) is 35.1 Å². The molecule has 6 heteroatoms. The van der Waals surface area contributed by atoms with E-state index in [1.165, 1.54) is 11.0 Å². The maximum atomic E-state index is 14.5. The van der Waals surface area contributed by atoms with Crippen molar-refractivity contribution in [1.29, 1.82) is 0 Å². The largest absolute Gasteiger partial charge is 0.411 e. The van der Waals surface area contributed by atoms with Gasteiger partial charge in [-0.15, -0.1) is 0 Å². The van der Waals surface area contributed by atoms with Crippen molar-refractivity contribution >= 4 is 23.0 Å². The molecule has 2 aromatic carbocycles. The molecule has 0 unspecified atom stereocenters. The predicted octanol–water partition coefficient (Wildman–Crippen LogP) is 3.62. The van der Waals surface area contributed by atoms with Crippen molar-refractivity contribution in [2.75, 3.05) is 11.9 Å². The lowest BCUT2D eigenvalue weighted by molar-refractivity contribution is -0.122. The molecule has 134 valence electrons. The molecule has 3 rings (SSSR count). The van der Waals surface area contributed by atoms with Gasteiger partial charge in [0.05, 0.1) is 17.1 Å². The van der Waals surface area contributed by atoms with Crippen LogP contribution in [0.5, 0.6) is 0 Å². The van der Waals surface area contributed by atoms with Gasteiger partial charge in [-0.2, -0.15) is 0 Å². The van der Waals surface area contributed by atoms with E-state index in [-0.39, 0.29) is 5.91 Å². The Kier molecular flexibility index (Phi) is 4.36. The van der Waals surface area contributed by atoms with Crippen molar-refractivity contribution < 1.29 is 14.4 Å². The molecule has 5 nitrogen and oxygen atoms in total. The molecular formula is C20H20FN3O2. The fourth-order valence-corrected chi connectivity index (χ4v) is 3.07. The molecule has 1 heterocycles. The third kappa shape index (κ3) is 2.87. The summed E-state index contributed by atoms with van der Waals surface area (Å²) in [5.41, 5.74) is 1.98. The van der Waals surface area contributed by atoms with Crippen molar-refractivity contribution in [1.82, 2.24) is 0 Å². The number of amides is 1. The van der Waals surface area contributed by atoms with Crippen LogP contribution in [-0.2, 0) is 4.79 Å². The van der Waals surface area contributed by atoms with Gasteiger partial charge in [-0.3, -0.25) is 9.79 Å². The number of halogens is 1. The fourth-order valence-electron chi connectivity index (χ4n) is 3.07. The summed E-state index contributed by atoms with van der Waals surface area (Å²) in [6, 6.07) is 11.6. The maximum absolute atomic E-state index is 14.5. The zero-order chi connectivity index (χ0) is 19.1. The number of carbonyl (C=O) groups excluding carboxylic acids is 1. The number of likely N-dealkylation sites (N-methyl/N-ethyl adjacent to an activating group) is 1. The molecule has 1 amide bonds.